The number of nitrogens with one attached hydrogen (secondary N) is 2. The summed E-state index contributed by atoms with van der Waals surface area (Å²) in [6.07, 6.45) is 1.87. The van der Waals surface area contributed by atoms with Crippen molar-refractivity contribution >= 4 is 28.5 Å². The van der Waals surface area contributed by atoms with Crippen molar-refractivity contribution in [1.82, 2.24) is 15.2 Å². The van der Waals surface area contributed by atoms with E-state index < -0.39 is 6.04 Å². The van der Waals surface area contributed by atoms with Gasteiger partial charge in [-0.2, -0.15) is 0 Å². The smallest absolute Gasteiger partial charge is 0.319 e. The third-order valence-electron chi connectivity index (χ3n) is 4.27. The Labute approximate surface area is 158 Å². The summed E-state index contributed by atoms with van der Waals surface area (Å²) in [5.74, 6) is -0.0593. The first kappa shape index (κ1) is 18.4. The summed E-state index contributed by atoms with van der Waals surface area (Å²) in [5.41, 5.74) is 2.21. The van der Waals surface area contributed by atoms with Crippen LogP contribution < -0.4 is 10.6 Å². The number of nitrogens with zero attached hydrogens (tertiary/aromatic N) is 2. The lowest BCUT2D eigenvalue weighted by atomic mass is 10.0. The zero-order chi connectivity index (χ0) is 19.2. The zero-order valence-corrected chi connectivity index (χ0v) is 15.3. The zero-order valence-electron chi connectivity index (χ0n) is 15.3. The fourth-order valence-corrected chi connectivity index (χ4v) is 2.82. The third-order valence-corrected chi connectivity index (χ3v) is 4.27. The lowest BCUT2D eigenvalue weighted by Gasteiger charge is -2.21. The number of aromatic nitrogens is 1. The summed E-state index contributed by atoms with van der Waals surface area (Å²) in [7, 11) is 3.40. The first-order chi connectivity index (χ1) is 13.0. The second-order valence-electron chi connectivity index (χ2n) is 6.43. The Morgan fingerprint density at radius 3 is 2.48 bits per heavy atom. The number of pyridine rings is 1. The lowest BCUT2D eigenvalue weighted by molar-refractivity contribution is -0.129. The molecule has 0 radical (unpaired) electrons. The molecule has 0 aliphatic heterocycles. The molecule has 0 bridgehead atoms. The van der Waals surface area contributed by atoms with Gasteiger partial charge in [0.05, 0.1) is 23.7 Å². The molecular weight excluding hydrogens is 340 g/mol. The average Bonchev–Trinajstić information content (AvgIpc) is 2.68. The quantitative estimate of drug-likeness (QED) is 0.729. The van der Waals surface area contributed by atoms with E-state index in [9.17, 15) is 9.59 Å². The Kier molecular flexibility index (Phi) is 5.66. The van der Waals surface area contributed by atoms with E-state index in [0.717, 1.165) is 16.5 Å². The number of fused-ring (bicyclic) bond motifs is 1. The molecular formula is C21H22N4O2. The average molecular weight is 362 g/mol. The van der Waals surface area contributed by atoms with Gasteiger partial charge < -0.3 is 15.5 Å². The largest absolute Gasteiger partial charge is 0.349 e. The number of carbonyl (C=O) groups excluding carboxylic acids is 2. The molecule has 1 atom stereocenters. The fourth-order valence-electron chi connectivity index (χ4n) is 2.82. The van der Waals surface area contributed by atoms with Gasteiger partial charge in [0.1, 0.15) is 0 Å². The minimum atomic E-state index is -0.427. The first-order valence-corrected chi connectivity index (χ1v) is 8.71. The number of hydrogen-bond acceptors (Lipinski definition) is 3. The molecule has 0 fully saturated rings. The molecule has 0 aliphatic carbocycles. The number of hydrogen-bond donors (Lipinski definition) is 2. The molecule has 2 N–H and O–H groups in total. The van der Waals surface area contributed by atoms with Crippen molar-refractivity contribution in [3.05, 3.63) is 72.4 Å². The summed E-state index contributed by atoms with van der Waals surface area (Å²) in [6, 6.07) is 18.1. The van der Waals surface area contributed by atoms with Crippen LogP contribution in [0.4, 0.5) is 10.5 Å². The predicted octanol–water partition coefficient (Wildman–Crippen LogP) is 3.58. The van der Waals surface area contributed by atoms with Crippen LogP contribution in [0.15, 0.2) is 66.9 Å². The second kappa shape index (κ2) is 8.31. The molecule has 3 amide bonds. The fraction of sp³-hybridized carbons (Fsp3) is 0.190. The van der Waals surface area contributed by atoms with Gasteiger partial charge in [0, 0.05) is 25.7 Å². The van der Waals surface area contributed by atoms with Crippen LogP contribution in [0, 0.1) is 0 Å². The van der Waals surface area contributed by atoms with Gasteiger partial charge in [-0.15, -0.1) is 0 Å². The monoisotopic (exact) mass is 362 g/mol. The van der Waals surface area contributed by atoms with Gasteiger partial charge in [-0.25, -0.2) is 4.79 Å². The number of rotatable bonds is 5. The Morgan fingerprint density at radius 2 is 1.74 bits per heavy atom. The Morgan fingerprint density at radius 1 is 1.00 bits per heavy atom. The molecule has 138 valence electrons. The molecule has 0 aliphatic rings. The molecule has 0 spiro atoms. The normalized spacial score (nSPS) is 11.6. The van der Waals surface area contributed by atoms with E-state index in [1.165, 1.54) is 4.90 Å². The summed E-state index contributed by atoms with van der Waals surface area (Å²) in [5, 5.41) is 6.70. The SMILES string of the molecule is CN(C)C(=O)C[C@@H](NC(=O)Nc1cccc2cccnc12)c1ccccc1. The van der Waals surface area contributed by atoms with Gasteiger partial charge in [0.2, 0.25) is 5.91 Å². The summed E-state index contributed by atoms with van der Waals surface area (Å²) >= 11 is 0. The van der Waals surface area contributed by atoms with E-state index >= 15 is 0 Å². The second-order valence-corrected chi connectivity index (χ2v) is 6.43. The van der Waals surface area contributed by atoms with Crippen LogP contribution in [0.1, 0.15) is 18.0 Å². The van der Waals surface area contributed by atoms with Gasteiger partial charge in [-0.3, -0.25) is 9.78 Å². The van der Waals surface area contributed by atoms with Crippen LogP contribution >= 0.6 is 0 Å². The minimum Gasteiger partial charge on any atom is -0.349 e. The number of urea groups is 1. The van der Waals surface area contributed by atoms with Crippen molar-refractivity contribution in [3.63, 3.8) is 0 Å². The molecule has 0 unspecified atom stereocenters. The number of benzene rings is 2. The Balaban J connectivity index is 1.78. The maximum atomic E-state index is 12.6. The third kappa shape index (κ3) is 4.61. The number of anilines is 1. The van der Waals surface area contributed by atoms with Crippen molar-refractivity contribution in [3.8, 4) is 0 Å². The Hall–Kier alpha value is -3.41. The highest BCUT2D eigenvalue weighted by molar-refractivity contribution is 5.99. The van der Waals surface area contributed by atoms with Crippen LogP contribution in [0.3, 0.4) is 0 Å². The highest BCUT2D eigenvalue weighted by atomic mass is 16.2. The first-order valence-electron chi connectivity index (χ1n) is 8.71. The van der Waals surface area contributed by atoms with Crippen molar-refractivity contribution in [2.24, 2.45) is 0 Å². The van der Waals surface area contributed by atoms with Crippen molar-refractivity contribution in [2.75, 3.05) is 19.4 Å². The molecule has 3 rings (SSSR count). The summed E-state index contributed by atoms with van der Waals surface area (Å²) in [4.78, 5) is 30.7. The molecule has 27 heavy (non-hydrogen) atoms. The van der Waals surface area contributed by atoms with Crippen LogP contribution in [0.5, 0.6) is 0 Å². The molecule has 6 nitrogen and oxygen atoms in total. The maximum absolute atomic E-state index is 12.6. The number of carbonyl (C=O) groups is 2. The molecule has 0 saturated carbocycles. The van der Waals surface area contributed by atoms with E-state index in [0.29, 0.717) is 5.69 Å². The highest BCUT2D eigenvalue weighted by Gasteiger charge is 2.19. The van der Waals surface area contributed by atoms with Gasteiger partial charge >= 0.3 is 6.03 Å². The molecule has 0 saturated heterocycles. The molecule has 3 aromatic rings. The van der Waals surface area contributed by atoms with E-state index in [4.69, 9.17) is 0 Å². The molecule has 1 heterocycles. The number of para-hydroxylation sites is 1. The maximum Gasteiger partial charge on any atom is 0.319 e. The van der Waals surface area contributed by atoms with E-state index in [2.05, 4.69) is 15.6 Å². The van der Waals surface area contributed by atoms with Crippen LogP contribution in [0.2, 0.25) is 0 Å². The van der Waals surface area contributed by atoms with Crippen molar-refractivity contribution < 1.29 is 9.59 Å². The lowest BCUT2D eigenvalue weighted by Crippen LogP contribution is -2.36. The van der Waals surface area contributed by atoms with E-state index in [-0.39, 0.29) is 18.4 Å². The van der Waals surface area contributed by atoms with E-state index in [1.807, 2.05) is 54.6 Å². The standard InChI is InChI=1S/C21H22N4O2/c1-25(2)19(26)14-18(15-8-4-3-5-9-15)24-21(27)23-17-12-6-10-16-11-7-13-22-20(16)17/h3-13,18H,14H2,1-2H3,(H2,23,24,27)/t18-/m1/s1. The minimum absolute atomic E-state index is 0.0593. The number of amides is 3. The van der Waals surface area contributed by atoms with Crippen molar-refractivity contribution in [1.29, 1.82) is 0 Å². The predicted molar refractivity (Wildman–Crippen MR) is 106 cm³/mol. The van der Waals surface area contributed by atoms with Crippen molar-refractivity contribution in [2.45, 2.75) is 12.5 Å². The molecule has 6 heteroatoms. The van der Waals surface area contributed by atoms with E-state index in [1.54, 1.807) is 26.4 Å². The highest BCUT2D eigenvalue weighted by Crippen LogP contribution is 2.22. The summed E-state index contributed by atoms with van der Waals surface area (Å²) in [6.45, 7) is 0. The van der Waals surface area contributed by atoms with Gasteiger partial charge in [-0.05, 0) is 17.7 Å². The molecule has 1 aromatic heterocycles. The van der Waals surface area contributed by atoms with Crippen LogP contribution in [-0.4, -0.2) is 35.9 Å². The molecule has 2 aromatic carbocycles. The topological polar surface area (TPSA) is 74.3 Å². The Bertz CT molecular complexity index is 936. The van der Waals surface area contributed by atoms with Crippen LogP contribution in [0.25, 0.3) is 10.9 Å². The van der Waals surface area contributed by atoms with Gasteiger partial charge in [0.15, 0.2) is 0 Å². The van der Waals surface area contributed by atoms with Crippen LogP contribution in [-0.2, 0) is 4.79 Å². The van der Waals surface area contributed by atoms with Gasteiger partial charge in [-0.1, -0.05) is 48.5 Å². The summed E-state index contributed by atoms with van der Waals surface area (Å²) < 4.78 is 0. The van der Waals surface area contributed by atoms with Gasteiger partial charge in [0.25, 0.3) is 0 Å².